The minimum absolute atomic E-state index is 0.0308. The molecular formula is C23H27IN2O4. The molecule has 0 bridgehead atoms. The first-order valence-corrected chi connectivity index (χ1v) is 11.3. The lowest BCUT2D eigenvalue weighted by Gasteiger charge is -2.31. The van der Waals surface area contributed by atoms with Gasteiger partial charge in [-0.1, -0.05) is 6.07 Å². The van der Waals surface area contributed by atoms with Gasteiger partial charge in [-0.3, -0.25) is 4.79 Å². The number of hydrogen-bond donors (Lipinski definition) is 2. The summed E-state index contributed by atoms with van der Waals surface area (Å²) in [6.45, 7) is 3.66. The van der Waals surface area contributed by atoms with E-state index in [0.717, 1.165) is 27.8 Å². The standard InChI is InChI=1S/C23H27IN2O4/c1-16-4-7-19(15-21(16)17-10-12-26(13-11-17)23(28)29)25-22(27)3-2-14-30-20-8-5-18(24)6-9-20/h4-9,15,17H,2-3,10-14H2,1H3,(H,25,27)(H,28,29). The Morgan fingerprint density at radius 1 is 1.17 bits per heavy atom. The first-order valence-electron chi connectivity index (χ1n) is 10.2. The summed E-state index contributed by atoms with van der Waals surface area (Å²) >= 11 is 2.25. The van der Waals surface area contributed by atoms with Crippen molar-refractivity contribution in [1.29, 1.82) is 0 Å². The van der Waals surface area contributed by atoms with Crippen molar-refractivity contribution >= 4 is 40.3 Å². The minimum atomic E-state index is -0.850. The van der Waals surface area contributed by atoms with Crippen molar-refractivity contribution in [3.8, 4) is 5.75 Å². The van der Waals surface area contributed by atoms with E-state index in [1.165, 1.54) is 16.0 Å². The van der Waals surface area contributed by atoms with Crippen LogP contribution < -0.4 is 10.1 Å². The molecule has 0 atom stereocenters. The van der Waals surface area contributed by atoms with Crippen LogP contribution in [-0.4, -0.2) is 41.7 Å². The number of ether oxygens (including phenoxy) is 1. The number of halogens is 1. The highest BCUT2D eigenvalue weighted by Crippen LogP contribution is 2.32. The van der Waals surface area contributed by atoms with Gasteiger partial charge in [0.15, 0.2) is 0 Å². The zero-order valence-electron chi connectivity index (χ0n) is 17.1. The third-order valence-corrected chi connectivity index (χ3v) is 6.12. The highest BCUT2D eigenvalue weighted by molar-refractivity contribution is 14.1. The third-order valence-electron chi connectivity index (χ3n) is 5.40. The van der Waals surface area contributed by atoms with E-state index in [4.69, 9.17) is 9.84 Å². The van der Waals surface area contributed by atoms with Crippen LogP contribution in [0.1, 0.15) is 42.7 Å². The van der Waals surface area contributed by atoms with E-state index in [9.17, 15) is 9.59 Å². The first-order chi connectivity index (χ1) is 14.4. The molecule has 6 nitrogen and oxygen atoms in total. The third kappa shape index (κ3) is 6.35. The van der Waals surface area contributed by atoms with Crippen molar-refractivity contribution in [2.45, 2.75) is 38.5 Å². The van der Waals surface area contributed by atoms with E-state index >= 15 is 0 Å². The Balaban J connectivity index is 1.48. The van der Waals surface area contributed by atoms with Gasteiger partial charge in [-0.05, 0) is 102 Å². The summed E-state index contributed by atoms with van der Waals surface area (Å²) in [7, 11) is 0. The van der Waals surface area contributed by atoms with Crippen molar-refractivity contribution in [1.82, 2.24) is 4.90 Å². The van der Waals surface area contributed by atoms with Crippen LogP contribution in [0.4, 0.5) is 10.5 Å². The summed E-state index contributed by atoms with van der Waals surface area (Å²) in [6, 6.07) is 13.8. The Morgan fingerprint density at radius 2 is 1.87 bits per heavy atom. The molecule has 0 spiro atoms. The van der Waals surface area contributed by atoms with E-state index in [1.807, 2.05) is 42.5 Å². The number of piperidine rings is 1. The molecule has 0 unspecified atom stereocenters. The number of carboxylic acid groups (broad SMARTS) is 1. The monoisotopic (exact) mass is 522 g/mol. The maximum Gasteiger partial charge on any atom is 0.407 e. The quantitative estimate of drug-likeness (QED) is 0.385. The van der Waals surface area contributed by atoms with Gasteiger partial charge < -0.3 is 20.1 Å². The van der Waals surface area contributed by atoms with Crippen LogP contribution >= 0.6 is 22.6 Å². The molecule has 3 rings (SSSR count). The van der Waals surface area contributed by atoms with Crippen LogP contribution in [0.25, 0.3) is 0 Å². The summed E-state index contributed by atoms with van der Waals surface area (Å²) in [5.41, 5.74) is 3.16. The van der Waals surface area contributed by atoms with Crippen LogP contribution in [0.5, 0.6) is 5.75 Å². The van der Waals surface area contributed by atoms with Gasteiger partial charge in [-0.25, -0.2) is 4.79 Å². The van der Waals surface area contributed by atoms with E-state index in [2.05, 4.69) is 34.8 Å². The molecule has 2 N–H and O–H groups in total. The number of aryl methyl sites for hydroxylation is 1. The Bertz CT molecular complexity index is 877. The molecule has 0 aliphatic carbocycles. The summed E-state index contributed by atoms with van der Waals surface area (Å²) in [5.74, 6) is 1.10. The predicted octanol–water partition coefficient (Wildman–Crippen LogP) is 5.25. The van der Waals surface area contributed by atoms with Crippen LogP contribution in [-0.2, 0) is 4.79 Å². The fourth-order valence-electron chi connectivity index (χ4n) is 3.72. The van der Waals surface area contributed by atoms with Gasteiger partial charge in [0.2, 0.25) is 5.91 Å². The normalized spacial score (nSPS) is 14.4. The van der Waals surface area contributed by atoms with E-state index in [1.54, 1.807) is 0 Å². The maximum atomic E-state index is 12.3. The van der Waals surface area contributed by atoms with Gasteiger partial charge in [0.25, 0.3) is 0 Å². The van der Waals surface area contributed by atoms with E-state index in [0.29, 0.717) is 38.5 Å². The zero-order valence-corrected chi connectivity index (χ0v) is 19.2. The molecule has 1 aliphatic heterocycles. The lowest BCUT2D eigenvalue weighted by atomic mass is 9.86. The number of hydrogen-bond acceptors (Lipinski definition) is 3. The Labute approximate surface area is 190 Å². The zero-order chi connectivity index (χ0) is 21.5. The smallest absolute Gasteiger partial charge is 0.407 e. The number of nitrogens with zero attached hydrogens (tertiary/aromatic N) is 1. The minimum Gasteiger partial charge on any atom is -0.494 e. The summed E-state index contributed by atoms with van der Waals surface area (Å²) in [6.07, 6.45) is 1.80. The average Bonchev–Trinajstić information content (AvgIpc) is 2.74. The Kier molecular flexibility index (Phi) is 7.95. The van der Waals surface area contributed by atoms with Gasteiger partial charge in [0, 0.05) is 28.8 Å². The van der Waals surface area contributed by atoms with Crippen LogP contribution in [0.15, 0.2) is 42.5 Å². The van der Waals surface area contributed by atoms with Crippen LogP contribution in [0.2, 0.25) is 0 Å². The molecule has 160 valence electrons. The molecule has 7 heteroatoms. The van der Waals surface area contributed by atoms with Crippen molar-refractivity contribution in [2.75, 3.05) is 25.0 Å². The number of carbonyl (C=O) groups is 2. The molecule has 1 aliphatic rings. The second kappa shape index (κ2) is 10.7. The van der Waals surface area contributed by atoms with Crippen molar-refractivity contribution in [2.24, 2.45) is 0 Å². The van der Waals surface area contributed by atoms with Crippen molar-refractivity contribution < 1.29 is 19.4 Å². The maximum absolute atomic E-state index is 12.3. The fourth-order valence-corrected chi connectivity index (χ4v) is 4.08. The lowest BCUT2D eigenvalue weighted by molar-refractivity contribution is -0.116. The molecule has 2 amide bonds. The largest absolute Gasteiger partial charge is 0.494 e. The molecule has 2 aromatic rings. The van der Waals surface area contributed by atoms with E-state index < -0.39 is 6.09 Å². The predicted molar refractivity (Wildman–Crippen MR) is 125 cm³/mol. The second-order valence-corrected chi connectivity index (χ2v) is 8.82. The molecule has 0 radical (unpaired) electrons. The van der Waals surface area contributed by atoms with Gasteiger partial charge in [-0.15, -0.1) is 0 Å². The molecule has 0 saturated carbocycles. The summed E-state index contributed by atoms with van der Waals surface area (Å²) < 4.78 is 6.83. The highest BCUT2D eigenvalue weighted by atomic mass is 127. The number of anilines is 1. The van der Waals surface area contributed by atoms with Crippen LogP contribution in [0, 0.1) is 10.5 Å². The fraction of sp³-hybridized carbons (Fsp3) is 0.391. The van der Waals surface area contributed by atoms with Crippen molar-refractivity contribution in [3.63, 3.8) is 0 Å². The lowest BCUT2D eigenvalue weighted by Crippen LogP contribution is -2.36. The number of likely N-dealkylation sites (tertiary alicyclic amines) is 1. The van der Waals surface area contributed by atoms with Crippen molar-refractivity contribution in [3.05, 3.63) is 57.2 Å². The topological polar surface area (TPSA) is 78.9 Å². The van der Waals surface area contributed by atoms with Gasteiger partial charge in [0.05, 0.1) is 6.61 Å². The van der Waals surface area contributed by atoms with Crippen LogP contribution in [0.3, 0.4) is 0 Å². The van der Waals surface area contributed by atoms with Gasteiger partial charge in [0.1, 0.15) is 5.75 Å². The van der Waals surface area contributed by atoms with E-state index in [-0.39, 0.29) is 5.91 Å². The second-order valence-electron chi connectivity index (χ2n) is 7.57. The summed E-state index contributed by atoms with van der Waals surface area (Å²) in [5, 5.41) is 12.1. The summed E-state index contributed by atoms with van der Waals surface area (Å²) in [4.78, 5) is 24.9. The molecule has 0 aromatic heterocycles. The van der Waals surface area contributed by atoms with Gasteiger partial charge in [-0.2, -0.15) is 0 Å². The molecule has 1 fully saturated rings. The number of amides is 2. The molecule has 2 aromatic carbocycles. The molecule has 30 heavy (non-hydrogen) atoms. The average molecular weight is 522 g/mol. The number of benzene rings is 2. The highest BCUT2D eigenvalue weighted by Gasteiger charge is 2.24. The molecular weight excluding hydrogens is 495 g/mol. The first kappa shape index (κ1) is 22.4. The van der Waals surface area contributed by atoms with Gasteiger partial charge >= 0.3 is 6.09 Å². The number of rotatable bonds is 7. The number of nitrogens with one attached hydrogen (secondary N) is 1. The molecule has 1 saturated heterocycles. The Hall–Kier alpha value is -2.29. The Morgan fingerprint density at radius 3 is 2.53 bits per heavy atom. The SMILES string of the molecule is Cc1ccc(NC(=O)CCCOc2ccc(I)cc2)cc1C1CCN(C(=O)O)CC1. The molecule has 1 heterocycles. The number of carbonyl (C=O) groups excluding carboxylic acids is 1.